The molecule has 2 heterocycles. The van der Waals surface area contributed by atoms with E-state index in [0.29, 0.717) is 25.8 Å². The first kappa shape index (κ1) is 15.5. The van der Waals surface area contributed by atoms with E-state index in [2.05, 4.69) is 16.1 Å². The van der Waals surface area contributed by atoms with E-state index in [0.717, 1.165) is 25.1 Å². The summed E-state index contributed by atoms with van der Waals surface area (Å²) in [4.78, 5) is 14.2. The quantitative estimate of drug-likeness (QED) is 0.727. The Kier molecular flexibility index (Phi) is 4.61. The van der Waals surface area contributed by atoms with E-state index >= 15 is 0 Å². The average Bonchev–Trinajstić information content (AvgIpc) is 3.20. The molecule has 2 aliphatic rings. The predicted octanol–water partition coefficient (Wildman–Crippen LogP) is 3.02. The van der Waals surface area contributed by atoms with Crippen molar-refractivity contribution in [2.75, 3.05) is 13.1 Å². The van der Waals surface area contributed by atoms with Crippen LogP contribution < -0.4 is 4.74 Å². The molecule has 0 N–H and O–H groups in total. The Hall–Kier alpha value is -2.35. The second-order valence-electron chi connectivity index (χ2n) is 6.07. The summed E-state index contributed by atoms with van der Waals surface area (Å²) in [5, 5.41) is 8.15. The van der Waals surface area contributed by atoms with E-state index in [1.54, 1.807) is 0 Å². The van der Waals surface area contributed by atoms with Crippen LogP contribution in [-0.2, 0) is 4.79 Å². The van der Waals surface area contributed by atoms with Crippen molar-refractivity contribution in [1.29, 1.82) is 0 Å². The Bertz CT molecular complexity index is 615. The number of ether oxygens (including phenoxy) is 1. The molecule has 1 amide bonds. The third-order valence-electron chi connectivity index (χ3n) is 4.34. The van der Waals surface area contributed by atoms with Gasteiger partial charge in [0.05, 0.1) is 6.54 Å². The van der Waals surface area contributed by atoms with Gasteiger partial charge in [0.1, 0.15) is 11.9 Å². The molecule has 0 spiro atoms. The maximum atomic E-state index is 12.3. The van der Waals surface area contributed by atoms with Crippen molar-refractivity contribution in [2.45, 2.75) is 43.9 Å². The third-order valence-corrected chi connectivity index (χ3v) is 4.34. The summed E-state index contributed by atoms with van der Waals surface area (Å²) in [7, 11) is 0. The molecule has 5 nitrogen and oxygen atoms in total. The van der Waals surface area contributed by atoms with Gasteiger partial charge in [-0.2, -0.15) is 10.2 Å². The molecule has 1 saturated heterocycles. The lowest BCUT2D eigenvalue weighted by molar-refractivity contribution is -0.130. The number of terminal acetylenes is 1. The van der Waals surface area contributed by atoms with Gasteiger partial charge in [-0.3, -0.25) is 4.79 Å². The monoisotopic (exact) mass is 311 g/mol. The molecule has 0 bridgehead atoms. The summed E-state index contributed by atoms with van der Waals surface area (Å²) in [5.41, 5.74) is -0.373. The van der Waals surface area contributed by atoms with Crippen LogP contribution in [0.4, 0.5) is 0 Å². The minimum absolute atomic E-state index is 0.0760. The highest BCUT2D eigenvalue weighted by molar-refractivity contribution is 5.76. The Morgan fingerprint density at radius 2 is 2.13 bits per heavy atom. The minimum atomic E-state index is -0.373. The molecule has 5 heteroatoms. The van der Waals surface area contributed by atoms with Gasteiger partial charge in [0.15, 0.2) is 5.66 Å². The zero-order valence-corrected chi connectivity index (χ0v) is 13.1. The number of likely N-dealkylation sites (tertiary alicyclic amines) is 1. The van der Waals surface area contributed by atoms with E-state index in [-0.39, 0.29) is 17.7 Å². The van der Waals surface area contributed by atoms with E-state index in [1.807, 2.05) is 35.2 Å². The van der Waals surface area contributed by atoms with Gasteiger partial charge in [0.2, 0.25) is 5.91 Å². The number of amides is 1. The molecule has 3 rings (SSSR count). The number of benzene rings is 1. The normalized spacial score (nSPS) is 21.0. The number of hydrogen-bond donors (Lipinski definition) is 0. The maximum Gasteiger partial charge on any atom is 0.222 e. The van der Waals surface area contributed by atoms with Gasteiger partial charge in [0.25, 0.3) is 0 Å². The van der Waals surface area contributed by atoms with Crippen LogP contribution in [0.5, 0.6) is 5.75 Å². The Labute approximate surface area is 136 Å². The number of para-hydroxylation sites is 1. The van der Waals surface area contributed by atoms with Crippen molar-refractivity contribution in [3.05, 3.63) is 30.3 Å². The van der Waals surface area contributed by atoms with Crippen LogP contribution in [0.15, 0.2) is 40.6 Å². The van der Waals surface area contributed by atoms with Crippen molar-refractivity contribution >= 4 is 5.91 Å². The molecule has 23 heavy (non-hydrogen) atoms. The predicted molar refractivity (Wildman–Crippen MR) is 86.9 cm³/mol. The molecule has 1 fully saturated rings. The topological polar surface area (TPSA) is 54.3 Å². The Morgan fingerprint density at radius 1 is 1.35 bits per heavy atom. The van der Waals surface area contributed by atoms with Crippen molar-refractivity contribution < 1.29 is 9.53 Å². The van der Waals surface area contributed by atoms with Crippen molar-refractivity contribution in [2.24, 2.45) is 10.2 Å². The van der Waals surface area contributed by atoms with Gasteiger partial charge < -0.3 is 9.64 Å². The Balaban J connectivity index is 1.42. The van der Waals surface area contributed by atoms with Crippen molar-refractivity contribution in [1.82, 2.24) is 4.90 Å². The van der Waals surface area contributed by atoms with Gasteiger partial charge in [-0.1, -0.05) is 18.2 Å². The van der Waals surface area contributed by atoms with Crippen LogP contribution in [0, 0.1) is 12.3 Å². The van der Waals surface area contributed by atoms with Gasteiger partial charge in [-0.05, 0) is 12.1 Å². The van der Waals surface area contributed by atoms with E-state index < -0.39 is 0 Å². The molecule has 1 aromatic rings. The molecule has 120 valence electrons. The minimum Gasteiger partial charge on any atom is -0.489 e. The molecular weight excluding hydrogens is 290 g/mol. The molecule has 0 radical (unpaired) electrons. The number of carbonyl (C=O) groups is 1. The van der Waals surface area contributed by atoms with Crippen LogP contribution in [0.1, 0.15) is 32.1 Å². The third kappa shape index (κ3) is 4.10. The molecular formula is C18H21N3O2. The lowest BCUT2D eigenvalue weighted by Gasteiger charge is -2.18. The highest BCUT2D eigenvalue weighted by Gasteiger charge is 2.40. The Morgan fingerprint density at radius 3 is 2.83 bits per heavy atom. The fourth-order valence-corrected chi connectivity index (χ4v) is 2.88. The number of hydrogen-bond acceptors (Lipinski definition) is 4. The van der Waals surface area contributed by atoms with Crippen LogP contribution in [0.25, 0.3) is 0 Å². The molecule has 2 aliphatic heterocycles. The first-order valence-corrected chi connectivity index (χ1v) is 8.08. The number of carbonyl (C=O) groups excluding carboxylic acids is 1. The second kappa shape index (κ2) is 6.82. The van der Waals surface area contributed by atoms with Gasteiger partial charge >= 0.3 is 0 Å². The summed E-state index contributed by atoms with van der Waals surface area (Å²) < 4.78 is 5.91. The maximum absolute atomic E-state index is 12.3. The fraction of sp³-hybridized carbons (Fsp3) is 0.500. The highest BCUT2D eigenvalue weighted by atomic mass is 16.5. The molecule has 1 aromatic carbocycles. The van der Waals surface area contributed by atoms with Gasteiger partial charge in [0, 0.05) is 38.6 Å². The summed E-state index contributed by atoms with van der Waals surface area (Å²) in [6.45, 7) is 1.40. The summed E-state index contributed by atoms with van der Waals surface area (Å²) in [5.74, 6) is 3.61. The first-order chi connectivity index (χ1) is 11.2. The first-order valence-electron chi connectivity index (χ1n) is 8.08. The zero-order valence-electron chi connectivity index (χ0n) is 13.1. The summed E-state index contributed by atoms with van der Waals surface area (Å²) >= 11 is 0. The van der Waals surface area contributed by atoms with Crippen LogP contribution >= 0.6 is 0 Å². The van der Waals surface area contributed by atoms with E-state index in [1.165, 1.54) is 0 Å². The fourth-order valence-electron chi connectivity index (χ4n) is 2.88. The molecule has 0 aliphatic carbocycles. The smallest absolute Gasteiger partial charge is 0.222 e. The van der Waals surface area contributed by atoms with E-state index in [9.17, 15) is 4.79 Å². The average molecular weight is 311 g/mol. The molecule has 1 atom stereocenters. The van der Waals surface area contributed by atoms with Gasteiger partial charge in [-0.25, -0.2) is 0 Å². The largest absolute Gasteiger partial charge is 0.489 e. The molecule has 0 saturated carbocycles. The van der Waals surface area contributed by atoms with Crippen LogP contribution in [0.3, 0.4) is 0 Å². The highest BCUT2D eigenvalue weighted by Crippen LogP contribution is 2.37. The SMILES string of the molecule is C#CCCC1(CCC(=O)N2CC[C@@H](Oc3ccccc3)C2)N=N1. The van der Waals surface area contributed by atoms with Crippen molar-refractivity contribution in [3.63, 3.8) is 0 Å². The van der Waals surface area contributed by atoms with E-state index in [4.69, 9.17) is 11.2 Å². The summed E-state index contributed by atoms with van der Waals surface area (Å²) in [6, 6.07) is 9.74. The number of rotatable bonds is 7. The number of nitrogens with zero attached hydrogens (tertiary/aromatic N) is 3. The lowest BCUT2D eigenvalue weighted by atomic mass is 10.0. The summed E-state index contributed by atoms with van der Waals surface area (Å²) in [6.07, 6.45) is 8.75. The van der Waals surface area contributed by atoms with Crippen molar-refractivity contribution in [3.8, 4) is 18.1 Å². The molecule has 0 unspecified atom stereocenters. The van der Waals surface area contributed by atoms with Gasteiger partial charge in [-0.15, -0.1) is 12.3 Å². The zero-order chi connectivity index (χ0) is 16.1. The van der Waals surface area contributed by atoms with Crippen LogP contribution in [-0.4, -0.2) is 35.7 Å². The molecule has 0 aromatic heterocycles. The second-order valence-corrected chi connectivity index (χ2v) is 6.07. The van der Waals surface area contributed by atoms with Crippen LogP contribution in [0.2, 0.25) is 0 Å². The standard InChI is InChI=1S/C18H21N3O2/c1-2-3-11-18(19-20-18)12-9-17(22)21-13-10-16(14-21)23-15-7-5-4-6-8-15/h1,4-8,16H,3,9-14H2/t16-/m1/s1. The lowest BCUT2D eigenvalue weighted by Crippen LogP contribution is -2.31.